The lowest BCUT2D eigenvalue weighted by molar-refractivity contribution is -0.135. The number of hydrogen-bond acceptors (Lipinski definition) is 4. The number of carbonyl (C=O) groups is 1. The Bertz CT molecular complexity index is 329. The highest BCUT2D eigenvalue weighted by molar-refractivity contribution is 5.81. The maximum absolute atomic E-state index is 12.2. The quantitative estimate of drug-likeness (QED) is 0.793. The molecule has 1 aliphatic heterocycles. The van der Waals surface area contributed by atoms with Crippen LogP contribution in [0.5, 0.6) is 0 Å². The smallest absolute Gasteiger partial charge is 0.250 e. The first kappa shape index (κ1) is 15.7. The Hall–Kier alpha value is -0.650. The van der Waals surface area contributed by atoms with Crippen LogP contribution >= 0.6 is 0 Å². The fourth-order valence-corrected chi connectivity index (χ4v) is 3.46. The van der Waals surface area contributed by atoms with Crippen LogP contribution in [0.1, 0.15) is 32.6 Å². The predicted molar refractivity (Wildman–Crippen MR) is 79.7 cm³/mol. The average Bonchev–Trinajstić information content (AvgIpc) is 2.45. The van der Waals surface area contributed by atoms with Gasteiger partial charge in [-0.15, -0.1) is 0 Å². The molecule has 0 aromatic heterocycles. The van der Waals surface area contributed by atoms with E-state index in [0.717, 1.165) is 31.8 Å². The van der Waals surface area contributed by atoms with Crippen LogP contribution in [-0.4, -0.2) is 62.8 Å². The third-order valence-electron chi connectivity index (χ3n) is 4.83. The Balaban J connectivity index is 1.90. The van der Waals surface area contributed by atoms with E-state index in [4.69, 9.17) is 4.74 Å². The molecule has 116 valence electrons. The number of carbonyl (C=O) groups excluding carboxylic acids is 1. The maximum Gasteiger partial charge on any atom is 0.250 e. The Morgan fingerprint density at radius 2 is 2.30 bits per heavy atom. The van der Waals surface area contributed by atoms with Gasteiger partial charge in [-0.2, -0.15) is 0 Å². The standard InChI is InChI=1S/C15H29N3O2/c1-12-5-4-6-15(9-12,18(2)3)11-17-14(19)13-10-16-7-8-20-13/h12-13,16H,4-11H2,1-3H3,(H,17,19). The van der Waals surface area contributed by atoms with E-state index < -0.39 is 0 Å². The van der Waals surface area contributed by atoms with Crippen LogP contribution < -0.4 is 10.6 Å². The predicted octanol–water partition coefficient (Wildman–Crippen LogP) is 0.602. The van der Waals surface area contributed by atoms with Gasteiger partial charge in [-0.25, -0.2) is 0 Å². The third-order valence-corrected chi connectivity index (χ3v) is 4.83. The van der Waals surface area contributed by atoms with Gasteiger partial charge >= 0.3 is 0 Å². The molecule has 2 aliphatic rings. The van der Waals surface area contributed by atoms with Crippen LogP contribution in [0.4, 0.5) is 0 Å². The van der Waals surface area contributed by atoms with E-state index in [0.29, 0.717) is 13.2 Å². The summed E-state index contributed by atoms with van der Waals surface area (Å²) in [6.07, 6.45) is 4.54. The van der Waals surface area contributed by atoms with Crippen molar-refractivity contribution >= 4 is 5.91 Å². The second-order valence-corrected chi connectivity index (χ2v) is 6.60. The molecule has 1 amide bonds. The molecule has 0 bridgehead atoms. The number of nitrogens with one attached hydrogen (secondary N) is 2. The van der Waals surface area contributed by atoms with Crippen molar-refractivity contribution in [2.45, 2.75) is 44.2 Å². The zero-order valence-corrected chi connectivity index (χ0v) is 13.1. The summed E-state index contributed by atoms with van der Waals surface area (Å²) in [6, 6.07) is 0. The number of rotatable bonds is 4. The molecule has 0 spiro atoms. The molecule has 5 heteroatoms. The van der Waals surface area contributed by atoms with Crippen LogP contribution in [-0.2, 0) is 9.53 Å². The molecular weight excluding hydrogens is 254 g/mol. The van der Waals surface area contributed by atoms with E-state index >= 15 is 0 Å². The van der Waals surface area contributed by atoms with Crippen molar-refractivity contribution in [3.63, 3.8) is 0 Å². The fourth-order valence-electron chi connectivity index (χ4n) is 3.46. The first-order chi connectivity index (χ1) is 9.53. The number of ether oxygens (including phenoxy) is 1. The minimum atomic E-state index is -0.330. The minimum absolute atomic E-state index is 0.0247. The molecule has 2 rings (SSSR count). The highest BCUT2D eigenvalue weighted by Crippen LogP contribution is 2.35. The summed E-state index contributed by atoms with van der Waals surface area (Å²) in [5, 5.41) is 6.32. The van der Waals surface area contributed by atoms with Gasteiger partial charge in [0.25, 0.3) is 5.91 Å². The summed E-state index contributed by atoms with van der Waals surface area (Å²) in [7, 11) is 4.26. The molecule has 0 aromatic carbocycles. The molecule has 3 atom stereocenters. The Labute approximate surface area is 122 Å². The first-order valence-corrected chi connectivity index (χ1v) is 7.81. The summed E-state index contributed by atoms with van der Waals surface area (Å²) in [5.41, 5.74) is 0.107. The highest BCUT2D eigenvalue weighted by Gasteiger charge is 2.37. The Kier molecular flexibility index (Phi) is 5.41. The van der Waals surface area contributed by atoms with Gasteiger partial charge in [-0.05, 0) is 32.9 Å². The van der Waals surface area contributed by atoms with Gasteiger partial charge in [0.05, 0.1) is 6.61 Å². The van der Waals surface area contributed by atoms with Crippen molar-refractivity contribution < 1.29 is 9.53 Å². The molecule has 2 fully saturated rings. The average molecular weight is 283 g/mol. The van der Waals surface area contributed by atoms with Crippen molar-refractivity contribution in [1.29, 1.82) is 0 Å². The minimum Gasteiger partial charge on any atom is -0.366 e. The molecule has 2 N–H and O–H groups in total. The second kappa shape index (κ2) is 6.87. The summed E-state index contributed by atoms with van der Waals surface area (Å²) in [5.74, 6) is 0.757. The lowest BCUT2D eigenvalue weighted by Gasteiger charge is -2.45. The van der Waals surface area contributed by atoms with Crippen molar-refractivity contribution in [1.82, 2.24) is 15.5 Å². The number of hydrogen-bond donors (Lipinski definition) is 2. The van der Waals surface area contributed by atoms with E-state index in [1.54, 1.807) is 0 Å². The largest absolute Gasteiger partial charge is 0.366 e. The molecule has 1 saturated heterocycles. The van der Waals surface area contributed by atoms with E-state index in [2.05, 4.69) is 36.6 Å². The van der Waals surface area contributed by atoms with E-state index in [1.165, 1.54) is 12.8 Å². The number of amides is 1. The van der Waals surface area contributed by atoms with Crippen LogP contribution in [0.2, 0.25) is 0 Å². The highest BCUT2D eigenvalue weighted by atomic mass is 16.5. The van der Waals surface area contributed by atoms with Crippen molar-refractivity contribution in [3.05, 3.63) is 0 Å². The first-order valence-electron chi connectivity index (χ1n) is 7.81. The molecule has 1 aliphatic carbocycles. The Morgan fingerprint density at radius 3 is 2.90 bits per heavy atom. The SMILES string of the molecule is CC1CCCC(CNC(=O)C2CNCCO2)(N(C)C)C1. The van der Waals surface area contributed by atoms with Crippen LogP contribution in [0.25, 0.3) is 0 Å². The normalized spacial score (nSPS) is 35.0. The van der Waals surface area contributed by atoms with Crippen molar-refractivity contribution in [2.75, 3.05) is 40.3 Å². The zero-order valence-electron chi connectivity index (χ0n) is 13.1. The zero-order chi connectivity index (χ0) is 14.6. The van der Waals surface area contributed by atoms with Gasteiger partial charge in [-0.1, -0.05) is 19.8 Å². The summed E-state index contributed by atoms with van der Waals surface area (Å²) in [6.45, 7) is 5.12. The van der Waals surface area contributed by atoms with Gasteiger partial charge < -0.3 is 20.3 Å². The Morgan fingerprint density at radius 1 is 1.50 bits per heavy atom. The molecule has 0 aromatic rings. The third kappa shape index (κ3) is 3.71. The van der Waals surface area contributed by atoms with Crippen LogP contribution in [0.3, 0.4) is 0 Å². The van der Waals surface area contributed by atoms with Gasteiger partial charge in [0, 0.05) is 25.2 Å². The lowest BCUT2D eigenvalue weighted by atomic mass is 9.75. The maximum atomic E-state index is 12.2. The summed E-state index contributed by atoms with van der Waals surface area (Å²) < 4.78 is 5.51. The van der Waals surface area contributed by atoms with Gasteiger partial charge in [0.1, 0.15) is 6.10 Å². The number of likely N-dealkylation sites (N-methyl/N-ethyl adjacent to an activating group) is 1. The molecule has 1 saturated carbocycles. The topological polar surface area (TPSA) is 53.6 Å². The molecule has 1 heterocycles. The van der Waals surface area contributed by atoms with Gasteiger partial charge in [0.2, 0.25) is 0 Å². The van der Waals surface area contributed by atoms with E-state index in [1.807, 2.05) is 0 Å². The molecule has 5 nitrogen and oxygen atoms in total. The fraction of sp³-hybridized carbons (Fsp3) is 0.933. The van der Waals surface area contributed by atoms with Crippen molar-refractivity contribution in [2.24, 2.45) is 5.92 Å². The molecular formula is C15H29N3O2. The lowest BCUT2D eigenvalue weighted by Crippen LogP contribution is -2.57. The summed E-state index contributed by atoms with van der Waals surface area (Å²) >= 11 is 0. The van der Waals surface area contributed by atoms with Crippen LogP contribution in [0.15, 0.2) is 0 Å². The van der Waals surface area contributed by atoms with E-state index in [9.17, 15) is 4.79 Å². The summed E-state index contributed by atoms with van der Waals surface area (Å²) in [4.78, 5) is 14.5. The monoisotopic (exact) mass is 283 g/mol. The van der Waals surface area contributed by atoms with Gasteiger partial charge in [0.15, 0.2) is 0 Å². The molecule has 0 radical (unpaired) electrons. The number of nitrogens with zero attached hydrogens (tertiary/aromatic N) is 1. The van der Waals surface area contributed by atoms with Crippen molar-refractivity contribution in [3.8, 4) is 0 Å². The second-order valence-electron chi connectivity index (χ2n) is 6.60. The van der Waals surface area contributed by atoms with Gasteiger partial charge in [-0.3, -0.25) is 4.79 Å². The molecule has 3 unspecified atom stereocenters. The molecule has 20 heavy (non-hydrogen) atoms. The number of morpholine rings is 1. The van der Waals surface area contributed by atoms with Crippen LogP contribution in [0, 0.1) is 5.92 Å². The van der Waals surface area contributed by atoms with E-state index in [-0.39, 0.29) is 17.6 Å².